The predicted octanol–water partition coefficient (Wildman–Crippen LogP) is 1.84. The molecule has 0 radical (unpaired) electrons. The van der Waals surface area contributed by atoms with Gasteiger partial charge in [-0.1, -0.05) is 6.07 Å². The Morgan fingerprint density at radius 3 is 2.89 bits per heavy atom. The molecule has 27 heavy (non-hydrogen) atoms. The number of nitrogens with one attached hydrogen (secondary N) is 1. The fraction of sp³-hybridized carbons (Fsp3) is 0.222. The molecule has 2 heterocycles. The number of carbonyl (C=O) groups is 1. The van der Waals surface area contributed by atoms with E-state index in [1.54, 1.807) is 36.4 Å². The normalized spacial score (nSPS) is 12.9. The minimum atomic E-state index is -0.280. The topological polar surface area (TPSA) is 100 Å². The smallest absolute Gasteiger partial charge is 0.262 e. The van der Waals surface area contributed by atoms with Crippen LogP contribution >= 0.6 is 0 Å². The van der Waals surface area contributed by atoms with Gasteiger partial charge in [-0.2, -0.15) is 0 Å². The molecule has 138 valence electrons. The van der Waals surface area contributed by atoms with E-state index < -0.39 is 0 Å². The summed E-state index contributed by atoms with van der Waals surface area (Å²) in [4.78, 5) is 12.2. The SMILES string of the molecule is O=C(COc1cccc(-n2cnnn2)c1)Nc1ccc2c(c1)OCCCO2. The third kappa shape index (κ3) is 4.14. The van der Waals surface area contributed by atoms with Gasteiger partial charge < -0.3 is 19.5 Å². The number of hydrogen-bond acceptors (Lipinski definition) is 7. The molecule has 9 nitrogen and oxygen atoms in total. The Morgan fingerprint density at radius 1 is 1.15 bits per heavy atom. The minimum absolute atomic E-state index is 0.131. The third-order valence-corrected chi connectivity index (χ3v) is 3.83. The number of anilines is 1. The Balaban J connectivity index is 1.36. The maximum atomic E-state index is 12.2. The van der Waals surface area contributed by atoms with Crippen molar-refractivity contribution in [3.05, 3.63) is 48.8 Å². The fourth-order valence-electron chi connectivity index (χ4n) is 2.58. The lowest BCUT2D eigenvalue weighted by molar-refractivity contribution is -0.118. The average Bonchev–Trinajstić information content (AvgIpc) is 3.13. The Hall–Kier alpha value is -3.62. The predicted molar refractivity (Wildman–Crippen MR) is 95.3 cm³/mol. The van der Waals surface area contributed by atoms with E-state index in [-0.39, 0.29) is 12.5 Å². The van der Waals surface area contributed by atoms with Crippen LogP contribution in [0.25, 0.3) is 5.69 Å². The van der Waals surface area contributed by atoms with E-state index in [1.807, 2.05) is 6.07 Å². The molecule has 0 spiro atoms. The summed E-state index contributed by atoms with van der Waals surface area (Å²) < 4.78 is 18.3. The zero-order valence-electron chi connectivity index (χ0n) is 14.4. The molecule has 4 rings (SSSR count). The van der Waals surface area contributed by atoms with Crippen molar-refractivity contribution in [2.75, 3.05) is 25.1 Å². The van der Waals surface area contributed by atoms with E-state index in [4.69, 9.17) is 14.2 Å². The highest BCUT2D eigenvalue weighted by molar-refractivity contribution is 5.92. The van der Waals surface area contributed by atoms with Crippen LogP contribution in [0.5, 0.6) is 17.2 Å². The van der Waals surface area contributed by atoms with Gasteiger partial charge in [-0.15, -0.1) is 5.10 Å². The monoisotopic (exact) mass is 367 g/mol. The van der Waals surface area contributed by atoms with Crippen molar-refractivity contribution in [2.24, 2.45) is 0 Å². The summed E-state index contributed by atoms with van der Waals surface area (Å²) in [6, 6.07) is 12.4. The lowest BCUT2D eigenvalue weighted by atomic mass is 10.2. The maximum Gasteiger partial charge on any atom is 0.262 e. The zero-order valence-corrected chi connectivity index (χ0v) is 14.4. The third-order valence-electron chi connectivity index (χ3n) is 3.83. The number of amides is 1. The maximum absolute atomic E-state index is 12.2. The van der Waals surface area contributed by atoms with Crippen molar-refractivity contribution in [3.8, 4) is 22.9 Å². The van der Waals surface area contributed by atoms with E-state index in [9.17, 15) is 4.79 Å². The van der Waals surface area contributed by atoms with Gasteiger partial charge in [-0.25, -0.2) is 4.68 Å². The van der Waals surface area contributed by atoms with Crippen LogP contribution in [-0.2, 0) is 4.79 Å². The van der Waals surface area contributed by atoms with Crippen LogP contribution in [0, 0.1) is 0 Å². The molecule has 0 bridgehead atoms. The molecular formula is C18H17N5O4. The summed E-state index contributed by atoms with van der Waals surface area (Å²) in [6.07, 6.45) is 2.31. The number of rotatable bonds is 5. The Morgan fingerprint density at radius 2 is 2.04 bits per heavy atom. The number of benzene rings is 2. The zero-order chi connectivity index (χ0) is 18.5. The van der Waals surface area contributed by atoms with Gasteiger partial charge in [0.25, 0.3) is 5.91 Å². The molecule has 1 aliphatic heterocycles. The van der Waals surface area contributed by atoms with Gasteiger partial charge in [0, 0.05) is 24.2 Å². The van der Waals surface area contributed by atoms with Crippen molar-refractivity contribution < 1.29 is 19.0 Å². The summed E-state index contributed by atoms with van der Waals surface area (Å²) in [6.45, 7) is 1.08. The Kier molecular flexibility index (Phi) is 4.82. The molecule has 1 aromatic heterocycles. The van der Waals surface area contributed by atoms with Gasteiger partial charge in [0.1, 0.15) is 12.1 Å². The standard InChI is InChI=1S/C18H17N5O4/c24-18(20-13-5-6-16-17(9-13)26-8-2-7-25-16)11-27-15-4-1-3-14(10-15)23-12-19-21-22-23/h1,3-6,9-10,12H,2,7-8,11H2,(H,20,24). The molecule has 0 atom stereocenters. The number of carbonyl (C=O) groups excluding carboxylic acids is 1. The van der Waals surface area contributed by atoms with Gasteiger partial charge in [-0.05, 0) is 34.7 Å². The van der Waals surface area contributed by atoms with Crippen molar-refractivity contribution in [1.82, 2.24) is 20.2 Å². The summed E-state index contributed by atoms with van der Waals surface area (Å²) in [5.41, 5.74) is 1.36. The summed E-state index contributed by atoms with van der Waals surface area (Å²) >= 11 is 0. The van der Waals surface area contributed by atoms with E-state index in [0.29, 0.717) is 36.1 Å². The highest BCUT2D eigenvalue weighted by Crippen LogP contribution is 2.32. The summed E-state index contributed by atoms with van der Waals surface area (Å²) in [7, 11) is 0. The van der Waals surface area contributed by atoms with Gasteiger partial charge in [0.05, 0.1) is 18.9 Å². The first kappa shape index (κ1) is 16.8. The number of ether oxygens (including phenoxy) is 3. The van der Waals surface area contributed by atoms with E-state index >= 15 is 0 Å². The molecule has 9 heteroatoms. The van der Waals surface area contributed by atoms with Crippen LogP contribution in [0.2, 0.25) is 0 Å². The highest BCUT2D eigenvalue weighted by Gasteiger charge is 2.12. The van der Waals surface area contributed by atoms with Crippen LogP contribution < -0.4 is 19.5 Å². The first-order chi connectivity index (χ1) is 13.3. The van der Waals surface area contributed by atoms with Gasteiger partial charge in [0.15, 0.2) is 18.1 Å². The molecule has 0 saturated carbocycles. The largest absolute Gasteiger partial charge is 0.490 e. The lowest BCUT2D eigenvalue weighted by Gasteiger charge is -2.11. The molecule has 0 unspecified atom stereocenters. The number of tetrazole rings is 1. The van der Waals surface area contributed by atoms with Crippen LogP contribution in [0.15, 0.2) is 48.8 Å². The molecular weight excluding hydrogens is 350 g/mol. The summed E-state index contributed by atoms with van der Waals surface area (Å²) in [5, 5.41) is 13.8. The second-order valence-corrected chi connectivity index (χ2v) is 5.80. The van der Waals surface area contributed by atoms with Crippen LogP contribution in [0.3, 0.4) is 0 Å². The quantitative estimate of drug-likeness (QED) is 0.734. The number of nitrogens with zero attached hydrogens (tertiary/aromatic N) is 4. The molecule has 0 fully saturated rings. The Labute approximate surface area is 154 Å². The van der Waals surface area contributed by atoms with E-state index in [2.05, 4.69) is 20.8 Å². The second-order valence-electron chi connectivity index (χ2n) is 5.80. The molecule has 1 N–H and O–H groups in total. The highest BCUT2D eigenvalue weighted by atomic mass is 16.5. The van der Waals surface area contributed by atoms with Crippen LogP contribution in [0.4, 0.5) is 5.69 Å². The fourth-order valence-corrected chi connectivity index (χ4v) is 2.58. The Bertz CT molecular complexity index is 929. The van der Waals surface area contributed by atoms with Crippen molar-refractivity contribution in [1.29, 1.82) is 0 Å². The minimum Gasteiger partial charge on any atom is -0.490 e. The van der Waals surface area contributed by atoms with Crippen LogP contribution in [-0.4, -0.2) is 45.9 Å². The first-order valence-electron chi connectivity index (χ1n) is 8.44. The lowest BCUT2D eigenvalue weighted by Crippen LogP contribution is -2.20. The van der Waals surface area contributed by atoms with Crippen LogP contribution in [0.1, 0.15) is 6.42 Å². The first-order valence-corrected chi connectivity index (χ1v) is 8.44. The van der Waals surface area contributed by atoms with Gasteiger partial charge >= 0.3 is 0 Å². The molecule has 0 saturated heterocycles. The van der Waals surface area contributed by atoms with Gasteiger partial charge in [0.2, 0.25) is 0 Å². The molecule has 1 amide bonds. The molecule has 3 aromatic rings. The number of hydrogen-bond donors (Lipinski definition) is 1. The second kappa shape index (κ2) is 7.73. The molecule has 1 aliphatic rings. The van der Waals surface area contributed by atoms with Crippen molar-refractivity contribution in [2.45, 2.75) is 6.42 Å². The molecule has 0 aliphatic carbocycles. The van der Waals surface area contributed by atoms with Crippen molar-refractivity contribution >= 4 is 11.6 Å². The number of fused-ring (bicyclic) bond motifs is 1. The van der Waals surface area contributed by atoms with Crippen molar-refractivity contribution in [3.63, 3.8) is 0 Å². The van der Waals surface area contributed by atoms with E-state index in [0.717, 1.165) is 12.1 Å². The van der Waals surface area contributed by atoms with Gasteiger partial charge in [-0.3, -0.25) is 4.79 Å². The summed E-state index contributed by atoms with van der Waals surface area (Å²) in [5.74, 6) is 1.57. The van der Waals surface area contributed by atoms with E-state index in [1.165, 1.54) is 11.0 Å². The number of aromatic nitrogens is 4. The molecule has 2 aromatic carbocycles. The average molecular weight is 367 g/mol.